The summed E-state index contributed by atoms with van der Waals surface area (Å²) in [4.78, 5) is 33.3. The van der Waals surface area contributed by atoms with Crippen LogP contribution in [0.4, 0.5) is 0 Å². The third-order valence-corrected chi connectivity index (χ3v) is 4.90. The largest absolute Gasteiger partial charge is 0.479 e. The molecule has 1 aromatic heterocycles. The molecule has 1 atom stereocenters. The number of rotatable bonds is 9. The minimum absolute atomic E-state index is 0.0759. The lowest BCUT2D eigenvalue weighted by Gasteiger charge is -2.15. The number of aromatic nitrogens is 2. The predicted octanol–water partition coefficient (Wildman–Crippen LogP) is 3.23. The first-order valence-electron chi connectivity index (χ1n) is 9.98. The number of fused-ring (bicyclic) bond motifs is 1. The zero-order valence-corrected chi connectivity index (χ0v) is 17.7. The highest BCUT2D eigenvalue weighted by Crippen LogP contribution is 2.21. The molecule has 0 aliphatic rings. The van der Waals surface area contributed by atoms with Crippen molar-refractivity contribution >= 4 is 23.1 Å². The Kier molecular flexibility index (Phi) is 7.02. The van der Waals surface area contributed by atoms with Gasteiger partial charge in [0.25, 0.3) is 5.56 Å². The standard InChI is InChI=1S/C23H25N3O5/c1-4-19(23(28)29)31-20-10-9-16(13-15(20)2)11-12-24-30-14-21-25-18-8-6-5-7-17(18)22(27)26(21)3/h5-10,12-13,19H,4,11,14H2,1-3H3,(H,28,29). The van der Waals surface area contributed by atoms with E-state index in [0.29, 0.717) is 35.3 Å². The smallest absolute Gasteiger partial charge is 0.344 e. The number of nitrogens with zero attached hydrogens (tertiary/aromatic N) is 3. The van der Waals surface area contributed by atoms with Crippen LogP contribution < -0.4 is 10.3 Å². The van der Waals surface area contributed by atoms with Gasteiger partial charge in [-0.1, -0.05) is 36.3 Å². The average molecular weight is 423 g/mol. The summed E-state index contributed by atoms with van der Waals surface area (Å²) in [6.07, 6.45) is 1.68. The zero-order valence-electron chi connectivity index (χ0n) is 17.7. The molecule has 0 aliphatic carbocycles. The van der Waals surface area contributed by atoms with E-state index < -0.39 is 12.1 Å². The van der Waals surface area contributed by atoms with E-state index in [1.54, 1.807) is 44.5 Å². The maximum absolute atomic E-state index is 12.4. The first kappa shape index (κ1) is 22.0. The summed E-state index contributed by atoms with van der Waals surface area (Å²) in [5.41, 5.74) is 2.33. The Morgan fingerprint density at radius 3 is 2.77 bits per heavy atom. The molecule has 0 fully saturated rings. The molecular weight excluding hydrogens is 398 g/mol. The molecule has 3 aromatic rings. The summed E-state index contributed by atoms with van der Waals surface area (Å²) in [5.74, 6) is 0.0604. The van der Waals surface area contributed by atoms with Crippen molar-refractivity contribution in [3.8, 4) is 5.75 Å². The van der Waals surface area contributed by atoms with Gasteiger partial charge in [0.05, 0.1) is 10.9 Å². The van der Waals surface area contributed by atoms with Crippen LogP contribution in [0.2, 0.25) is 0 Å². The summed E-state index contributed by atoms with van der Waals surface area (Å²) < 4.78 is 7.02. The second-order valence-corrected chi connectivity index (χ2v) is 7.13. The highest BCUT2D eigenvalue weighted by molar-refractivity contribution is 5.77. The lowest BCUT2D eigenvalue weighted by Crippen LogP contribution is -2.26. The fraction of sp³-hybridized carbons (Fsp3) is 0.304. The van der Waals surface area contributed by atoms with Gasteiger partial charge in [0, 0.05) is 19.7 Å². The number of aliphatic carboxylic acids is 1. The van der Waals surface area contributed by atoms with Crippen LogP contribution in [-0.2, 0) is 29.7 Å². The molecule has 0 bridgehead atoms. The van der Waals surface area contributed by atoms with Crippen molar-refractivity contribution in [1.82, 2.24) is 9.55 Å². The van der Waals surface area contributed by atoms with Crippen molar-refractivity contribution in [2.24, 2.45) is 12.2 Å². The van der Waals surface area contributed by atoms with E-state index in [0.717, 1.165) is 11.1 Å². The van der Waals surface area contributed by atoms with Crippen molar-refractivity contribution in [2.45, 2.75) is 39.4 Å². The number of ether oxygens (including phenoxy) is 1. The molecule has 1 unspecified atom stereocenters. The first-order chi connectivity index (χ1) is 14.9. The Morgan fingerprint density at radius 1 is 1.29 bits per heavy atom. The number of hydrogen-bond donors (Lipinski definition) is 1. The molecule has 0 saturated carbocycles. The van der Waals surface area contributed by atoms with Crippen molar-refractivity contribution in [2.75, 3.05) is 0 Å². The number of benzene rings is 2. The normalized spacial score (nSPS) is 12.2. The maximum atomic E-state index is 12.4. The number of carboxylic acid groups (broad SMARTS) is 1. The number of para-hydroxylation sites is 1. The summed E-state index contributed by atoms with van der Waals surface area (Å²) in [6, 6.07) is 12.7. The molecule has 3 rings (SSSR count). The van der Waals surface area contributed by atoms with Crippen LogP contribution in [0.1, 0.15) is 30.3 Å². The predicted molar refractivity (Wildman–Crippen MR) is 117 cm³/mol. The molecule has 1 N–H and O–H groups in total. The summed E-state index contributed by atoms with van der Waals surface area (Å²) >= 11 is 0. The van der Waals surface area contributed by atoms with Gasteiger partial charge in [0.1, 0.15) is 5.75 Å². The molecule has 0 amide bonds. The van der Waals surface area contributed by atoms with E-state index in [2.05, 4.69) is 10.1 Å². The lowest BCUT2D eigenvalue weighted by molar-refractivity contribution is -0.145. The topological polar surface area (TPSA) is 103 Å². The molecule has 0 spiro atoms. The van der Waals surface area contributed by atoms with Gasteiger partial charge < -0.3 is 14.7 Å². The van der Waals surface area contributed by atoms with Crippen molar-refractivity contribution in [1.29, 1.82) is 0 Å². The number of oxime groups is 1. The quantitative estimate of drug-likeness (QED) is 0.419. The van der Waals surface area contributed by atoms with E-state index in [4.69, 9.17) is 14.7 Å². The third kappa shape index (κ3) is 5.28. The molecular formula is C23H25N3O5. The van der Waals surface area contributed by atoms with Crippen molar-refractivity contribution < 1.29 is 19.5 Å². The fourth-order valence-corrected chi connectivity index (χ4v) is 3.12. The molecule has 31 heavy (non-hydrogen) atoms. The van der Waals surface area contributed by atoms with Gasteiger partial charge in [-0.3, -0.25) is 9.36 Å². The van der Waals surface area contributed by atoms with Crippen LogP contribution >= 0.6 is 0 Å². The van der Waals surface area contributed by atoms with E-state index in [9.17, 15) is 9.59 Å². The molecule has 162 valence electrons. The van der Waals surface area contributed by atoms with Crippen molar-refractivity contribution in [3.05, 3.63) is 69.8 Å². The Bertz CT molecular complexity index is 1170. The molecule has 8 heteroatoms. The zero-order chi connectivity index (χ0) is 22.4. The third-order valence-electron chi connectivity index (χ3n) is 4.90. The highest BCUT2D eigenvalue weighted by Gasteiger charge is 2.17. The second-order valence-electron chi connectivity index (χ2n) is 7.13. The Labute approximate surface area is 179 Å². The van der Waals surface area contributed by atoms with E-state index in [1.807, 2.05) is 25.1 Å². The van der Waals surface area contributed by atoms with E-state index in [1.165, 1.54) is 4.57 Å². The SMILES string of the molecule is CCC(Oc1ccc(CC=NOCc2nc3ccccc3c(=O)n2C)cc1C)C(=O)O. The average Bonchev–Trinajstić information content (AvgIpc) is 2.76. The number of carbonyl (C=O) groups is 1. The number of carboxylic acids is 1. The van der Waals surface area contributed by atoms with Gasteiger partial charge >= 0.3 is 5.97 Å². The van der Waals surface area contributed by atoms with Crippen molar-refractivity contribution in [3.63, 3.8) is 0 Å². The Hall–Kier alpha value is -3.68. The molecule has 1 heterocycles. The van der Waals surface area contributed by atoms with Crippen LogP contribution in [0.5, 0.6) is 5.75 Å². The van der Waals surface area contributed by atoms with Gasteiger partial charge in [-0.15, -0.1) is 0 Å². The van der Waals surface area contributed by atoms with Crippen LogP contribution in [0.25, 0.3) is 10.9 Å². The van der Waals surface area contributed by atoms with Gasteiger partial charge in [-0.25, -0.2) is 9.78 Å². The fourth-order valence-electron chi connectivity index (χ4n) is 3.12. The molecule has 8 nitrogen and oxygen atoms in total. The highest BCUT2D eigenvalue weighted by atomic mass is 16.6. The van der Waals surface area contributed by atoms with E-state index >= 15 is 0 Å². The van der Waals surface area contributed by atoms with Gasteiger partial charge in [-0.2, -0.15) is 0 Å². The van der Waals surface area contributed by atoms with Crippen LogP contribution in [0, 0.1) is 6.92 Å². The molecule has 2 aromatic carbocycles. The minimum Gasteiger partial charge on any atom is -0.479 e. The lowest BCUT2D eigenvalue weighted by atomic mass is 10.1. The van der Waals surface area contributed by atoms with E-state index in [-0.39, 0.29) is 12.2 Å². The maximum Gasteiger partial charge on any atom is 0.344 e. The number of aryl methyl sites for hydroxylation is 1. The molecule has 0 aliphatic heterocycles. The van der Waals surface area contributed by atoms with Crippen LogP contribution in [0.3, 0.4) is 0 Å². The Balaban J connectivity index is 1.59. The monoisotopic (exact) mass is 423 g/mol. The van der Waals surface area contributed by atoms with Gasteiger partial charge in [0.15, 0.2) is 18.5 Å². The summed E-state index contributed by atoms with van der Waals surface area (Å²) in [7, 11) is 1.66. The number of hydrogen-bond acceptors (Lipinski definition) is 6. The Morgan fingerprint density at radius 2 is 2.06 bits per heavy atom. The van der Waals surface area contributed by atoms with Crippen LogP contribution in [-0.4, -0.2) is 32.9 Å². The molecule has 0 saturated heterocycles. The van der Waals surface area contributed by atoms with Crippen LogP contribution in [0.15, 0.2) is 52.4 Å². The molecule has 0 radical (unpaired) electrons. The summed E-state index contributed by atoms with van der Waals surface area (Å²) in [5, 5.41) is 13.7. The van der Waals surface area contributed by atoms with Gasteiger partial charge in [0.2, 0.25) is 0 Å². The second kappa shape index (κ2) is 9.88. The first-order valence-corrected chi connectivity index (χ1v) is 9.98. The minimum atomic E-state index is -0.978. The van der Waals surface area contributed by atoms with Gasteiger partial charge in [-0.05, 0) is 42.7 Å². The summed E-state index contributed by atoms with van der Waals surface area (Å²) in [6.45, 7) is 3.71.